The Morgan fingerprint density at radius 2 is 1.33 bits per heavy atom. The van der Waals surface area contributed by atoms with Crippen molar-refractivity contribution >= 4 is 0 Å². The van der Waals surface area contributed by atoms with E-state index < -0.39 is 5.76 Å². The smallest absolute Gasteiger partial charge is 0.408 e. The number of nitrogens with one attached hydrogen (secondary N) is 2. The summed E-state index contributed by atoms with van der Waals surface area (Å²) in [5.41, 5.74) is 2.60. The predicted molar refractivity (Wildman–Crippen MR) is 82.2 cm³/mol. The zero-order valence-corrected chi connectivity index (χ0v) is 11.2. The van der Waals surface area contributed by atoms with Crippen molar-refractivity contribution in [3.63, 3.8) is 0 Å². The average Bonchev–Trinajstić information content (AvgIpc) is 2.53. The lowest BCUT2D eigenvalue weighted by Gasteiger charge is -2.01. The van der Waals surface area contributed by atoms with E-state index in [1.54, 1.807) is 12.4 Å². The molecule has 0 aliphatic carbocycles. The number of benzene rings is 2. The highest BCUT2D eigenvalue weighted by Gasteiger charge is 2.00. The molecule has 0 aliphatic heterocycles. The summed E-state index contributed by atoms with van der Waals surface area (Å²) in [7, 11) is 0. The van der Waals surface area contributed by atoms with Crippen LogP contribution in [0.3, 0.4) is 0 Å². The molecule has 0 aliphatic rings. The molecule has 21 heavy (non-hydrogen) atoms. The van der Waals surface area contributed by atoms with Gasteiger partial charge in [-0.15, -0.1) is 0 Å². The maximum Gasteiger partial charge on any atom is 0.416 e. The maximum atomic E-state index is 11.7. The van der Waals surface area contributed by atoms with Crippen LogP contribution in [0.5, 0.6) is 0 Å². The number of H-pyrrole nitrogens is 2. The van der Waals surface area contributed by atoms with Gasteiger partial charge in [-0.25, -0.2) is 4.79 Å². The minimum atomic E-state index is -0.514. The summed E-state index contributed by atoms with van der Waals surface area (Å²) in [6.45, 7) is 0. The lowest BCUT2D eigenvalue weighted by Crippen LogP contribution is -2.01. The van der Waals surface area contributed by atoms with E-state index >= 15 is 0 Å². The van der Waals surface area contributed by atoms with Gasteiger partial charge in [-0.05, 0) is 5.56 Å². The minimum absolute atomic E-state index is 0.467. The standard InChI is InChI=1S/C17H14N2O2/c20-17-19-11-15(13-7-3-1-4-8-13)18-12-16(21-17)14-9-5-2-6-10-14/h1-12,18H,(H,19,20). The van der Waals surface area contributed by atoms with Crippen molar-refractivity contribution in [2.24, 2.45) is 0 Å². The van der Waals surface area contributed by atoms with Crippen molar-refractivity contribution in [3.05, 3.63) is 83.6 Å². The molecule has 3 rings (SSSR count). The van der Waals surface area contributed by atoms with Gasteiger partial charge in [0.15, 0.2) is 5.76 Å². The van der Waals surface area contributed by atoms with Crippen LogP contribution < -0.4 is 5.76 Å². The van der Waals surface area contributed by atoms with E-state index in [-0.39, 0.29) is 0 Å². The van der Waals surface area contributed by atoms with Gasteiger partial charge < -0.3 is 9.40 Å². The third-order valence-electron chi connectivity index (χ3n) is 3.04. The molecule has 0 spiro atoms. The molecule has 0 saturated heterocycles. The minimum Gasteiger partial charge on any atom is -0.408 e. The first-order valence-electron chi connectivity index (χ1n) is 6.59. The second kappa shape index (κ2) is 5.96. The second-order valence-corrected chi connectivity index (χ2v) is 4.48. The Hall–Kier alpha value is -3.01. The predicted octanol–water partition coefficient (Wildman–Crippen LogP) is 3.75. The van der Waals surface area contributed by atoms with Crippen LogP contribution in [0.15, 0.2) is 82.3 Å². The zero-order valence-electron chi connectivity index (χ0n) is 11.2. The highest BCUT2D eigenvalue weighted by atomic mass is 16.4. The summed E-state index contributed by atoms with van der Waals surface area (Å²) in [5, 5.41) is 0. The molecular weight excluding hydrogens is 264 g/mol. The fraction of sp³-hybridized carbons (Fsp3) is 0. The molecule has 0 bridgehead atoms. The van der Waals surface area contributed by atoms with E-state index in [2.05, 4.69) is 9.97 Å². The lowest BCUT2D eigenvalue weighted by atomic mass is 10.1. The molecule has 104 valence electrons. The molecule has 0 atom stereocenters. The maximum absolute atomic E-state index is 11.7. The van der Waals surface area contributed by atoms with E-state index in [1.165, 1.54) is 0 Å². The number of aromatic nitrogens is 2. The van der Waals surface area contributed by atoms with Gasteiger partial charge in [-0.2, -0.15) is 0 Å². The Bertz CT molecular complexity index is 813. The molecule has 4 heteroatoms. The molecule has 0 radical (unpaired) electrons. The second-order valence-electron chi connectivity index (χ2n) is 4.48. The first-order chi connectivity index (χ1) is 10.3. The quantitative estimate of drug-likeness (QED) is 0.749. The van der Waals surface area contributed by atoms with E-state index in [4.69, 9.17) is 4.42 Å². The summed E-state index contributed by atoms with van der Waals surface area (Å²) < 4.78 is 5.27. The summed E-state index contributed by atoms with van der Waals surface area (Å²) in [6, 6.07) is 19.2. The van der Waals surface area contributed by atoms with Crippen molar-refractivity contribution in [2.45, 2.75) is 0 Å². The van der Waals surface area contributed by atoms with Gasteiger partial charge >= 0.3 is 5.76 Å². The zero-order chi connectivity index (χ0) is 14.5. The molecule has 0 unspecified atom stereocenters. The first-order valence-corrected chi connectivity index (χ1v) is 6.59. The van der Waals surface area contributed by atoms with Crippen molar-refractivity contribution < 1.29 is 4.42 Å². The van der Waals surface area contributed by atoms with Gasteiger partial charge in [0.05, 0.1) is 5.69 Å². The number of rotatable bonds is 2. The van der Waals surface area contributed by atoms with Crippen LogP contribution in [-0.2, 0) is 0 Å². The highest BCUT2D eigenvalue weighted by molar-refractivity contribution is 5.59. The Morgan fingerprint density at radius 3 is 2.00 bits per heavy atom. The van der Waals surface area contributed by atoms with Crippen LogP contribution in [0.4, 0.5) is 0 Å². The van der Waals surface area contributed by atoms with E-state index in [0.717, 1.165) is 16.8 Å². The van der Waals surface area contributed by atoms with Crippen LogP contribution in [0.25, 0.3) is 22.6 Å². The fourth-order valence-electron chi connectivity index (χ4n) is 2.00. The fourth-order valence-corrected chi connectivity index (χ4v) is 2.00. The number of aromatic amines is 2. The Labute approximate surface area is 121 Å². The van der Waals surface area contributed by atoms with Gasteiger partial charge in [0.25, 0.3) is 0 Å². The molecule has 0 fully saturated rings. The highest BCUT2D eigenvalue weighted by Crippen LogP contribution is 2.17. The van der Waals surface area contributed by atoms with E-state index in [1.807, 2.05) is 60.7 Å². The third-order valence-corrected chi connectivity index (χ3v) is 3.04. The number of hydrogen-bond donors (Lipinski definition) is 2. The Balaban J connectivity index is 2.15. The third kappa shape index (κ3) is 3.12. The molecule has 3 aromatic rings. The average molecular weight is 278 g/mol. The van der Waals surface area contributed by atoms with E-state index in [9.17, 15) is 4.79 Å². The molecule has 2 aromatic carbocycles. The van der Waals surface area contributed by atoms with E-state index in [0.29, 0.717) is 5.76 Å². The van der Waals surface area contributed by atoms with Crippen LogP contribution in [0, 0.1) is 0 Å². The Morgan fingerprint density at radius 1 is 0.714 bits per heavy atom. The monoisotopic (exact) mass is 278 g/mol. The van der Waals surface area contributed by atoms with Crippen LogP contribution >= 0.6 is 0 Å². The molecule has 1 heterocycles. The molecule has 2 N–H and O–H groups in total. The molecule has 4 nitrogen and oxygen atoms in total. The normalized spacial score (nSPS) is 10.1. The number of hydrogen-bond acceptors (Lipinski definition) is 2. The summed E-state index contributed by atoms with van der Waals surface area (Å²) in [4.78, 5) is 17.5. The van der Waals surface area contributed by atoms with Crippen molar-refractivity contribution in [3.8, 4) is 22.6 Å². The van der Waals surface area contributed by atoms with Gasteiger partial charge in [0.2, 0.25) is 0 Å². The molecular formula is C17H14N2O2. The summed E-state index contributed by atoms with van der Waals surface area (Å²) >= 11 is 0. The molecule has 1 aromatic heterocycles. The summed E-state index contributed by atoms with van der Waals surface area (Å²) in [6.07, 6.45) is 3.28. The van der Waals surface area contributed by atoms with Crippen molar-refractivity contribution in [1.29, 1.82) is 0 Å². The van der Waals surface area contributed by atoms with Crippen molar-refractivity contribution in [2.75, 3.05) is 0 Å². The van der Waals surface area contributed by atoms with Crippen LogP contribution in [0.2, 0.25) is 0 Å². The van der Waals surface area contributed by atoms with Crippen molar-refractivity contribution in [1.82, 2.24) is 9.97 Å². The van der Waals surface area contributed by atoms with Gasteiger partial charge in [0.1, 0.15) is 0 Å². The van der Waals surface area contributed by atoms with Gasteiger partial charge in [0, 0.05) is 18.0 Å². The van der Waals surface area contributed by atoms with Crippen LogP contribution in [0.1, 0.15) is 0 Å². The molecule has 0 amide bonds. The SMILES string of the molecule is O=c1[nH]cc(-c2ccccc2)[nH]cc(-c2ccccc2)o1. The lowest BCUT2D eigenvalue weighted by molar-refractivity contribution is 0.502. The molecule has 0 saturated carbocycles. The van der Waals surface area contributed by atoms with Gasteiger partial charge in [-0.3, -0.25) is 4.98 Å². The summed E-state index contributed by atoms with van der Waals surface area (Å²) in [5.74, 6) is -0.0466. The first kappa shape index (κ1) is 13.0. The van der Waals surface area contributed by atoms with Gasteiger partial charge in [-0.1, -0.05) is 60.7 Å². The largest absolute Gasteiger partial charge is 0.416 e. The Kier molecular flexibility index (Phi) is 3.69. The van der Waals surface area contributed by atoms with Crippen LogP contribution in [-0.4, -0.2) is 9.97 Å². The topological polar surface area (TPSA) is 61.8 Å².